The predicted octanol–water partition coefficient (Wildman–Crippen LogP) is 2.79. The van der Waals surface area contributed by atoms with Gasteiger partial charge in [-0.2, -0.15) is 5.26 Å². The van der Waals surface area contributed by atoms with Crippen LogP contribution in [0.25, 0.3) is 0 Å². The van der Waals surface area contributed by atoms with Gasteiger partial charge in [-0.25, -0.2) is 9.59 Å². The second kappa shape index (κ2) is 8.92. The van der Waals surface area contributed by atoms with Gasteiger partial charge in [0.05, 0.1) is 17.7 Å². The van der Waals surface area contributed by atoms with Crippen molar-refractivity contribution in [2.24, 2.45) is 0 Å². The highest BCUT2D eigenvalue weighted by Crippen LogP contribution is 2.12. The monoisotopic (exact) mass is 346 g/mol. The van der Waals surface area contributed by atoms with Gasteiger partial charge in [0.15, 0.2) is 0 Å². The summed E-state index contributed by atoms with van der Waals surface area (Å²) in [7, 11) is 1.62. The number of ether oxygens (including phenoxy) is 1. The molecule has 136 valence electrons. The summed E-state index contributed by atoms with van der Waals surface area (Å²) >= 11 is 0. The van der Waals surface area contributed by atoms with Crippen LogP contribution in [0, 0.1) is 11.3 Å². The Labute approximate surface area is 148 Å². The van der Waals surface area contributed by atoms with Crippen molar-refractivity contribution in [3.63, 3.8) is 0 Å². The van der Waals surface area contributed by atoms with Crippen molar-refractivity contribution in [1.29, 1.82) is 5.26 Å². The fourth-order valence-electron chi connectivity index (χ4n) is 1.95. The number of amides is 3. The molecule has 0 bridgehead atoms. The molecule has 7 heteroatoms. The number of nitriles is 1. The van der Waals surface area contributed by atoms with Crippen molar-refractivity contribution >= 4 is 12.1 Å². The van der Waals surface area contributed by atoms with Gasteiger partial charge in [-0.05, 0) is 45.4 Å². The van der Waals surface area contributed by atoms with Crippen LogP contribution in [-0.4, -0.2) is 42.8 Å². The highest BCUT2D eigenvalue weighted by atomic mass is 16.6. The van der Waals surface area contributed by atoms with Crippen LogP contribution >= 0.6 is 0 Å². The Bertz CT molecular complexity index is 629. The minimum atomic E-state index is -0.549. The van der Waals surface area contributed by atoms with Crippen LogP contribution in [0.4, 0.5) is 9.59 Å². The van der Waals surface area contributed by atoms with Crippen molar-refractivity contribution in [2.75, 3.05) is 20.1 Å². The van der Waals surface area contributed by atoms with Crippen molar-refractivity contribution in [3.05, 3.63) is 35.4 Å². The Morgan fingerprint density at radius 1 is 1.28 bits per heavy atom. The Kier molecular flexibility index (Phi) is 7.24. The third kappa shape index (κ3) is 7.57. The summed E-state index contributed by atoms with van der Waals surface area (Å²) in [5.41, 5.74) is 0.928. The lowest BCUT2D eigenvalue weighted by molar-refractivity contribution is 0.0301. The molecule has 0 saturated carbocycles. The molecule has 7 nitrogen and oxygen atoms in total. The second-order valence-corrected chi connectivity index (χ2v) is 6.76. The largest absolute Gasteiger partial charge is 0.444 e. The smallest absolute Gasteiger partial charge is 0.410 e. The van der Waals surface area contributed by atoms with Crippen LogP contribution in [0.5, 0.6) is 0 Å². The van der Waals surface area contributed by atoms with Crippen molar-refractivity contribution in [2.45, 2.75) is 39.3 Å². The standard InChI is InChI=1S/C18H26N4O3/c1-13(15-8-6-14(12-19)7-9-15)21-16(23)20-10-11-22(5)17(24)25-18(2,3)4/h6-9,13H,10-11H2,1-5H3,(H2,20,21,23)/t13-/m0/s1. The molecule has 1 aromatic rings. The van der Waals surface area contributed by atoms with E-state index in [-0.39, 0.29) is 12.1 Å². The molecule has 0 unspecified atom stereocenters. The Morgan fingerprint density at radius 3 is 2.40 bits per heavy atom. The van der Waals surface area contributed by atoms with Crippen LogP contribution in [0.3, 0.4) is 0 Å². The number of rotatable bonds is 5. The number of carbonyl (C=O) groups excluding carboxylic acids is 2. The minimum Gasteiger partial charge on any atom is -0.444 e. The molecule has 25 heavy (non-hydrogen) atoms. The first-order valence-electron chi connectivity index (χ1n) is 8.11. The van der Waals surface area contributed by atoms with Gasteiger partial charge >= 0.3 is 12.1 Å². The van der Waals surface area contributed by atoms with Crippen molar-refractivity contribution in [3.8, 4) is 6.07 Å². The third-order valence-corrected chi connectivity index (χ3v) is 3.33. The minimum absolute atomic E-state index is 0.198. The molecule has 0 spiro atoms. The van der Waals surface area contributed by atoms with Gasteiger partial charge in [0.25, 0.3) is 0 Å². The van der Waals surface area contributed by atoms with E-state index in [1.54, 1.807) is 52.1 Å². The van der Waals surface area contributed by atoms with Gasteiger partial charge in [0, 0.05) is 20.1 Å². The molecule has 0 radical (unpaired) electrons. The van der Waals surface area contributed by atoms with Crippen molar-refractivity contribution < 1.29 is 14.3 Å². The number of benzene rings is 1. The number of urea groups is 1. The Balaban J connectivity index is 2.36. The molecule has 0 aromatic heterocycles. The summed E-state index contributed by atoms with van der Waals surface area (Å²) in [6.45, 7) is 7.90. The van der Waals surface area contributed by atoms with Gasteiger partial charge in [-0.15, -0.1) is 0 Å². The first-order chi connectivity index (χ1) is 11.6. The average Bonchev–Trinajstić information content (AvgIpc) is 2.53. The summed E-state index contributed by atoms with van der Waals surface area (Å²) < 4.78 is 5.23. The summed E-state index contributed by atoms with van der Waals surface area (Å²) in [5.74, 6) is 0. The third-order valence-electron chi connectivity index (χ3n) is 3.33. The zero-order valence-corrected chi connectivity index (χ0v) is 15.4. The predicted molar refractivity (Wildman–Crippen MR) is 95.0 cm³/mol. The molecule has 3 amide bonds. The highest BCUT2D eigenvalue weighted by Gasteiger charge is 2.19. The summed E-state index contributed by atoms with van der Waals surface area (Å²) in [6, 6.07) is 8.56. The van der Waals surface area contributed by atoms with E-state index < -0.39 is 11.7 Å². The van der Waals surface area contributed by atoms with E-state index >= 15 is 0 Å². The molecule has 0 aliphatic heterocycles. The molecule has 0 heterocycles. The Hall–Kier alpha value is -2.75. The molecule has 1 atom stereocenters. The SMILES string of the molecule is C[C@H](NC(=O)NCCN(C)C(=O)OC(C)(C)C)c1ccc(C#N)cc1. The normalized spacial score (nSPS) is 11.8. The quantitative estimate of drug-likeness (QED) is 0.857. The lowest BCUT2D eigenvalue weighted by Gasteiger charge is -2.24. The van der Waals surface area contributed by atoms with E-state index in [1.165, 1.54) is 4.90 Å². The molecule has 0 fully saturated rings. The fourth-order valence-corrected chi connectivity index (χ4v) is 1.95. The fraction of sp³-hybridized carbons (Fsp3) is 0.500. The summed E-state index contributed by atoms with van der Waals surface area (Å²) in [5, 5.41) is 14.3. The number of carbonyl (C=O) groups is 2. The van der Waals surface area contributed by atoms with Gasteiger partial charge in [-0.1, -0.05) is 12.1 Å². The zero-order chi connectivity index (χ0) is 19.0. The van der Waals surface area contributed by atoms with E-state index in [1.807, 2.05) is 6.92 Å². The number of nitrogens with zero attached hydrogens (tertiary/aromatic N) is 2. The Morgan fingerprint density at radius 2 is 1.88 bits per heavy atom. The van der Waals surface area contributed by atoms with Crippen LogP contribution in [0.2, 0.25) is 0 Å². The number of likely N-dealkylation sites (N-methyl/N-ethyl adjacent to an activating group) is 1. The van der Waals surface area contributed by atoms with E-state index in [9.17, 15) is 9.59 Å². The average molecular weight is 346 g/mol. The molecular formula is C18H26N4O3. The molecular weight excluding hydrogens is 320 g/mol. The first-order valence-corrected chi connectivity index (χ1v) is 8.11. The number of hydrogen-bond acceptors (Lipinski definition) is 4. The maximum Gasteiger partial charge on any atom is 0.410 e. The topological polar surface area (TPSA) is 94.5 Å². The molecule has 0 aliphatic carbocycles. The summed E-state index contributed by atoms with van der Waals surface area (Å²) in [6.07, 6.45) is -0.430. The number of nitrogens with one attached hydrogen (secondary N) is 2. The van der Waals surface area contributed by atoms with Gasteiger partial charge in [0.1, 0.15) is 5.60 Å². The lowest BCUT2D eigenvalue weighted by atomic mass is 10.1. The van der Waals surface area contributed by atoms with Crippen LogP contribution < -0.4 is 10.6 Å². The van der Waals surface area contributed by atoms with E-state index in [0.717, 1.165) is 5.56 Å². The molecule has 2 N–H and O–H groups in total. The highest BCUT2D eigenvalue weighted by molar-refractivity contribution is 5.74. The maximum atomic E-state index is 11.9. The van der Waals surface area contributed by atoms with Crippen molar-refractivity contribution in [1.82, 2.24) is 15.5 Å². The van der Waals surface area contributed by atoms with Gasteiger partial charge in [-0.3, -0.25) is 0 Å². The molecule has 0 aliphatic rings. The lowest BCUT2D eigenvalue weighted by Crippen LogP contribution is -2.42. The van der Waals surface area contributed by atoms with E-state index in [4.69, 9.17) is 10.00 Å². The second-order valence-electron chi connectivity index (χ2n) is 6.76. The number of hydrogen-bond donors (Lipinski definition) is 2. The van der Waals surface area contributed by atoms with Gasteiger partial charge < -0.3 is 20.3 Å². The molecule has 1 aromatic carbocycles. The van der Waals surface area contributed by atoms with Crippen LogP contribution in [0.15, 0.2) is 24.3 Å². The first kappa shape index (κ1) is 20.3. The van der Waals surface area contributed by atoms with E-state index in [0.29, 0.717) is 18.7 Å². The van der Waals surface area contributed by atoms with Crippen LogP contribution in [-0.2, 0) is 4.74 Å². The van der Waals surface area contributed by atoms with E-state index in [2.05, 4.69) is 16.7 Å². The molecule has 1 rings (SSSR count). The maximum absolute atomic E-state index is 11.9. The van der Waals surface area contributed by atoms with Crippen LogP contribution in [0.1, 0.15) is 44.9 Å². The zero-order valence-electron chi connectivity index (χ0n) is 15.4. The van der Waals surface area contributed by atoms with Gasteiger partial charge in [0.2, 0.25) is 0 Å². The summed E-state index contributed by atoms with van der Waals surface area (Å²) in [4.78, 5) is 25.1. The molecule has 0 saturated heterocycles.